The lowest BCUT2D eigenvalue weighted by atomic mass is 9.73. The van der Waals surface area contributed by atoms with Gasteiger partial charge in [0.15, 0.2) is 0 Å². The number of amides is 1. The van der Waals surface area contributed by atoms with Crippen LogP contribution in [-0.2, 0) is 17.9 Å². The first-order valence-corrected chi connectivity index (χ1v) is 10.1. The molecule has 0 radical (unpaired) electrons. The highest BCUT2D eigenvalue weighted by molar-refractivity contribution is 7.05. The van der Waals surface area contributed by atoms with Crippen LogP contribution in [0.4, 0.5) is 0 Å². The summed E-state index contributed by atoms with van der Waals surface area (Å²) in [6, 6.07) is 5.90. The Morgan fingerprint density at radius 2 is 2.15 bits per heavy atom. The molecule has 0 aliphatic carbocycles. The highest BCUT2D eigenvalue weighted by Crippen LogP contribution is 2.39. The van der Waals surface area contributed by atoms with Crippen LogP contribution in [0.5, 0.6) is 0 Å². The first-order valence-electron chi connectivity index (χ1n) is 9.31. The van der Waals surface area contributed by atoms with E-state index >= 15 is 0 Å². The Bertz CT molecular complexity index is 764. The highest BCUT2D eigenvalue weighted by atomic mass is 32.1. The van der Waals surface area contributed by atoms with E-state index in [-0.39, 0.29) is 11.3 Å². The second-order valence-corrected chi connectivity index (χ2v) is 8.51. The maximum absolute atomic E-state index is 12.5. The highest BCUT2D eigenvalue weighted by Gasteiger charge is 2.41. The van der Waals surface area contributed by atoms with Crippen molar-refractivity contribution in [3.05, 3.63) is 40.7 Å². The fourth-order valence-electron chi connectivity index (χ4n) is 4.31. The molecule has 0 bridgehead atoms. The molecule has 6 nitrogen and oxygen atoms in total. The minimum Gasteiger partial charge on any atom is -0.336 e. The number of aryl methyl sites for hydroxylation is 1. The molecule has 0 saturated carbocycles. The van der Waals surface area contributed by atoms with Crippen LogP contribution in [0.15, 0.2) is 24.4 Å². The molecule has 26 heavy (non-hydrogen) atoms. The summed E-state index contributed by atoms with van der Waals surface area (Å²) in [5, 5.41) is 4.14. The summed E-state index contributed by atoms with van der Waals surface area (Å²) >= 11 is 1.51. The molecule has 2 saturated heterocycles. The Hall–Kier alpha value is -1.86. The second kappa shape index (κ2) is 7.40. The number of rotatable bonds is 4. The molecule has 2 aliphatic rings. The van der Waals surface area contributed by atoms with Crippen molar-refractivity contribution in [3.63, 3.8) is 0 Å². The maximum Gasteiger partial charge on any atom is 0.222 e. The van der Waals surface area contributed by atoms with Gasteiger partial charge >= 0.3 is 0 Å². The number of carbonyl (C=O) groups excluding carboxylic acids is 1. The van der Waals surface area contributed by atoms with Gasteiger partial charge in [0.2, 0.25) is 5.91 Å². The van der Waals surface area contributed by atoms with Gasteiger partial charge in [0.05, 0.1) is 22.8 Å². The molecular weight excluding hydrogens is 346 g/mol. The number of carbonyl (C=O) groups is 1. The van der Waals surface area contributed by atoms with Gasteiger partial charge in [-0.3, -0.25) is 14.7 Å². The fourth-order valence-corrected chi connectivity index (χ4v) is 4.99. The average molecular weight is 372 g/mol. The van der Waals surface area contributed by atoms with Gasteiger partial charge in [0, 0.05) is 37.7 Å². The van der Waals surface area contributed by atoms with E-state index in [1.54, 1.807) is 6.20 Å². The number of nitrogens with zero attached hydrogens (tertiary/aromatic N) is 5. The van der Waals surface area contributed by atoms with Crippen molar-refractivity contribution in [2.45, 2.75) is 45.7 Å². The predicted molar refractivity (Wildman–Crippen MR) is 100 cm³/mol. The third-order valence-corrected chi connectivity index (χ3v) is 6.49. The molecule has 0 N–H and O–H groups in total. The van der Waals surface area contributed by atoms with E-state index in [0.29, 0.717) is 13.0 Å². The SMILES string of the molecule is Cc1nnsc1CN1CCCC2(CCC(=O)N(Cc3ccccn3)C2)C1. The van der Waals surface area contributed by atoms with Crippen LogP contribution in [0.1, 0.15) is 41.9 Å². The number of piperidine rings is 2. The zero-order valence-electron chi connectivity index (χ0n) is 15.2. The smallest absolute Gasteiger partial charge is 0.222 e. The third kappa shape index (κ3) is 3.78. The Labute approximate surface area is 158 Å². The molecule has 2 fully saturated rings. The summed E-state index contributed by atoms with van der Waals surface area (Å²) < 4.78 is 4.07. The van der Waals surface area contributed by atoms with E-state index < -0.39 is 0 Å². The molecule has 4 rings (SSSR count). The number of hydrogen-bond acceptors (Lipinski definition) is 6. The largest absolute Gasteiger partial charge is 0.336 e. The lowest BCUT2D eigenvalue weighted by Crippen LogP contribution is -2.53. The number of hydrogen-bond donors (Lipinski definition) is 0. The number of pyridine rings is 1. The van der Waals surface area contributed by atoms with Crippen LogP contribution in [0.3, 0.4) is 0 Å². The summed E-state index contributed by atoms with van der Waals surface area (Å²) in [4.78, 5) is 22.7. The van der Waals surface area contributed by atoms with E-state index in [1.807, 2.05) is 30.0 Å². The van der Waals surface area contributed by atoms with Crippen LogP contribution in [-0.4, -0.2) is 49.9 Å². The summed E-state index contributed by atoms with van der Waals surface area (Å²) in [7, 11) is 0. The fraction of sp³-hybridized carbons (Fsp3) is 0.579. The summed E-state index contributed by atoms with van der Waals surface area (Å²) in [6.07, 6.45) is 5.85. The topological polar surface area (TPSA) is 62.2 Å². The van der Waals surface area contributed by atoms with Crippen molar-refractivity contribution < 1.29 is 4.79 Å². The van der Waals surface area contributed by atoms with E-state index in [1.165, 1.54) is 29.3 Å². The van der Waals surface area contributed by atoms with Crippen LogP contribution < -0.4 is 0 Å². The molecule has 4 heterocycles. The molecule has 1 atom stereocenters. The average Bonchev–Trinajstić information content (AvgIpc) is 3.04. The lowest BCUT2D eigenvalue weighted by molar-refractivity contribution is -0.140. The zero-order valence-corrected chi connectivity index (χ0v) is 16.0. The Morgan fingerprint density at radius 1 is 1.23 bits per heavy atom. The number of likely N-dealkylation sites (tertiary alicyclic amines) is 2. The van der Waals surface area contributed by atoms with Gasteiger partial charge in [-0.25, -0.2) is 0 Å². The Kier molecular flexibility index (Phi) is 5.00. The van der Waals surface area contributed by atoms with E-state index in [9.17, 15) is 4.79 Å². The molecule has 138 valence electrons. The second-order valence-electron chi connectivity index (χ2n) is 7.67. The summed E-state index contributed by atoms with van der Waals surface area (Å²) in [5.74, 6) is 0.265. The van der Waals surface area contributed by atoms with Crippen molar-refractivity contribution in [1.82, 2.24) is 24.4 Å². The predicted octanol–water partition coefficient (Wildman–Crippen LogP) is 2.65. The van der Waals surface area contributed by atoms with Crippen LogP contribution >= 0.6 is 11.5 Å². The quantitative estimate of drug-likeness (QED) is 0.827. The van der Waals surface area contributed by atoms with Crippen LogP contribution in [0, 0.1) is 12.3 Å². The van der Waals surface area contributed by atoms with Gasteiger partial charge < -0.3 is 4.90 Å². The van der Waals surface area contributed by atoms with Gasteiger partial charge in [-0.2, -0.15) is 0 Å². The monoisotopic (exact) mass is 371 g/mol. The molecule has 2 aromatic heterocycles. The van der Waals surface area contributed by atoms with E-state index in [0.717, 1.165) is 44.0 Å². The molecule has 2 aromatic rings. The van der Waals surface area contributed by atoms with Crippen molar-refractivity contribution >= 4 is 17.4 Å². The Balaban J connectivity index is 1.45. The summed E-state index contributed by atoms with van der Waals surface area (Å²) in [5.41, 5.74) is 2.23. The summed E-state index contributed by atoms with van der Waals surface area (Å²) in [6.45, 7) is 6.60. The lowest BCUT2D eigenvalue weighted by Gasteiger charge is -2.48. The maximum atomic E-state index is 12.5. The molecule has 1 spiro atoms. The van der Waals surface area contributed by atoms with Crippen LogP contribution in [0.25, 0.3) is 0 Å². The molecule has 2 aliphatic heterocycles. The normalized spacial score (nSPS) is 24.3. The molecule has 7 heteroatoms. The minimum atomic E-state index is 0.215. The third-order valence-electron chi connectivity index (χ3n) is 5.68. The zero-order chi connectivity index (χ0) is 18.0. The van der Waals surface area contributed by atoms with E-state index in [4.69, 9.17) is 0 Å². The number of aromatic nitrogens is 3. The first-order chi connectivity index (χ1) is 12.6. The molecule has 1 unspecified atom stereocenters. The molecule has 0 aromatic carbocycles. The molecule has 1 amide bonds. The standard InChI is InChI=1S/C19H25N5OS/c1-15-17(26-22-21-15)12-23-10-4-7-19(13-23)8-6-18(25)24(14-19)11-16-5-2-3-9-20-16/h2-3,5,9H,4,6-8,10-14H2,1H3. The molecular formula is C19H25N5OS. The van der Waals surface area contributed by atoms with Crippen molar-refractivity contribution in [2.75, 3.05) is 19.6 Å². The van der Waals surface area contributed by atoms with Gasteiger partial charge in [-0.15, -0.1) is 5.10 Å². The van der Waals surface area contributed by atoms with Gasteiger partial charge in [0.1, 0.15) is 0 Å². The Morgan fingerprint density at radius 3 is 2.92 bits per heavy atom. The van der Waals surface area contributed by atoms with Crippen LogP contribution in [0.2, 0.25) is 0 Å². The van der Waals surface area contributed by atoms with Crippen molar-refractivity contribution in [1.29, 1.82) is 0 Å². The van der Waals surface area contributed by atoms with E-state index in [2.05, 4.69) is 19.5 Å². The van der Waals surface area contributed by atoms with Crippen molar-refractivity contribution in [2.24, 2.45) is 5.41 Å². The minimum absolute atomic E-state index is 0.215. The first kappa shape index (κ1) is 17.5. The van der Waals surface area contributed by atoms with Gasteiger partial charge in [-0.05, 0) is 56.4 Å². The van der Waals surface area contributed by atoms with Crippen molar-refractivity contribution in [3.8, 4) is 0 Å². The van der Waals surface area contributed by atoms with Gasteiger partial charge in [-0.1, -0.05) is 10.6 Å². The van der Waals surface area contributed by atoms with Gasteiger partial charge in [0.25, 0.3) is 0 Å².